The lowest BCUT2D eigenvalue weighted by molar-refractivity contribution is 0.167. The molecule has 0 aliphatic rings. The maximum Gasteiger partial charge on any atom is 0.129 e. The summed E-state index contributed by atoms with van der Waals surface area (Å²) in [6, 6.07) is 9.92. The van der Waals surface area contributed by atoms with E-state index in [9.17, 15) is 4.39 Å². The Hall–Kier alpha value is -1.26. The number of thiazole rings is 1. The Bertz CT molecular complexity index is 492. The van der Waals surface area contributed by atoms with E-state index in [2.05, 4.69) is 4.98 Å². The SMILES string of the molecule is CCC(F)(CN)Cc1nc(-c2ccccc2)cs1. The Morgan fingerprint density at radius 3 is 2.67 bits per heavy atom. The van der Waals surface area contributed by atoms with E-state index < -0.39 is 5.67 Å². The van der Waals surface area contributed by atoms with Gasteiger partial charge in [0, 0.05) is 23.9 Å². The van der Waals surface area contributed by atoms with Crippen molar-refractivity contribution in [2.45, 2.75) is 25.4 Å². The Kier molecular flexibility index (Phi) is 4.09. The predicted octanol–water partition coefficient (Wildman–Crippen LogP) is 3.43. The highest BCUT2D eigenvalue weighted by molar-refractivity contribution is 7.09. The molecular weight excluding hydrogens is 247 g/mol. The molecule has 1 aromatic carbocycles. The maximum atomic E-state index is 14.2. The fraction of sp³-hybridized carbons (Fsp3) is 0.357. The van der Waals surface area contributed by atoms with Crippen LogP contribution in [0, 0.1) is 0 Å². The minimum absolute atomic E-state index is 0.0454. The van der Waals surface area contributed by atoms with Crippen LogP contribution >= 0.6 is 11.3 Å². The molecule has 1 heterocycles. The van der Waals surface area contributed by atoms with Crippen LogP contribution in [0.25, 0.3) is 11.3 Å². The van der Waals surface area contributed by atoms with Gasteiger partial charge in [0.05, 0.1) is 10.7 Å². The minimum Gasteiger partial charge on any atom is -0.328 e. The normalized spacial score (nSPS) is 14.4. The number of aromatic nitrogens is 1. The maximum absolute atomic E-state index is 14.2. The third-order valence-corrected chi connectivity index (χ3v) is 3.94. The molecule has 0 radical (unpaired) electrons. The third kappa shape index (κ3) is 2.94. The Morgan fingerprint density at radius 2 is 2.06 bits per heavy atom. The largest absolute Gasteiger partial charge is 0.328 e. The van der Waals surface area contributed by atoms with Gasteiger partial charge < -0.3 is 5.73 Å². The molecule has 0 bridgehead atoms. The summed E-state index contributed by atoms with van der Waals surface area (Å²) in [6.45, 7) is 1.86. The molecule has 0 saturated carbocycles. The summed E-state index contributed by atoms with van der Waals surface area (Å²) in [5.41, 5.74) is 6.13. The van der Waals surface area contributed by atoms with Crippen LogP contribution in [0.1, 0.15) is 18.4 Å². The van der Waals surface area contributed by atoms with E-state index in [4.69, 9.17) is 5.73 Å². The zero-order valence-corrected chi connectivity index (χ0v) is 11.2. The highest BCUT2D eigenvalue weighted by Crippen LogP contribution is 2.26. The summed E-state index contributed by atoms with van der Waals surface area (Å²) in [6.07, 6.45) is 0.723. The molecule has 1 unspecified atom stereocenters. The lowest BCUT2D eigenvalue weighted by Crippen LogP contribution is -2.34. The van der Waals surface area contributed by atoms with Crippen LogP contribution in [0.2, 0.25) is 0 Å². The van der Waals surface area contributed by atoms with Gasteiger partial charge in [-0.3, -0.25) is 0 Å². The number of benzene rings is 1. The zero-order valence-electron chi connectivity index (χ0n) is 10.4. The number of nitrogens with zero attached hydrogens (tertiary/aromatic N) is 1. The summed E-state index contributed by atoms with van der Waals surface area (Å²) in [4.78, 5) is 4.48. The van der Waals surface area contributed by atoms with Gasteiger partial charge in [-0.1, -0.05) is 37.3 Å². The molecule has 1 aromatic heterocycles. The monoisotopic (exact) mass is 264 g/mol. The topological polar surface area (TPSA) is 38.9 Å². The Labute approximate surface area is 111 Å². The van der Waals surface area contributed by atoms with Gasteiger partial charge in [0.1, 0.15) is 5.67 Å². The molecule has 0 aliphatic carbocycles. The Balaban J connectivity index is 2.16. The summed E-state index contributed by atoms with van der Waals surface area (Å²) < 4.78 is 14.2. The van der Waals surface area contributed by atoms with Crippen LogP contribution in [-0.4, -0.2) is 17.2 Å². The summed E-state index contributed by atoms with van der Waals surface area (Å²) in [5, 5.41) is 2.78. The first-order chi connectivity index (χ1) is 8.67. The smallest absolute Gasteiger partial charge is 0.129 e. The molecule has 0 saturated heterocycles. The molecule has 0 spiro atoms. The Morgan fingerprint density at radius 1 is 1.33 bits per heavy atom. The van der Waals surface area contributed by atoms with Crippen molar-refractivity contribution < 1.29 is 4.39 Å². The molecule has 4 heteroatoms. The van der Waals surface area contributed by atoms with E-state index in [1.807, 2.05) is 42.6 Å². The summed E-state index contributed by atoms with van der Waals surface area (Å²) in [5.74, 6) is 0. The van der Waals surface area contributed by atoms with Gasteiger partial charge in [0.25, 0.3) is 0 Å². The molecule has 96 valence electrons. The summed E-state index contributed by atoms with van der Waals surface area (Å²) >= 11 is 1.50. The summed E-state index contributed by atoms with van der Waals surface area (Å²) in [7, 11) is 0. The van der Waals surface area contributed by atoms with E-state index in [1.165, 1.54) is 11.3 Å². The van der Waals surface area contributed by atoms with Crippen LogP contribution < -0.4 is 5.73 Å². The fourth-order valence-electron chi connectivity index (χ4n) is 1.75. The second-order valence-corrected chi connectivity index (χ2v) is 5.32. The lowest BCUT2D eigenvalue weighted by Gasteiger charge is -2.19. The molecular formula is C14H17FN2S. The van der Waals surface area contributed by atoms with Gasteiger partial charge in [0.2, 0.25) is 0 Å². The van der Waals surface area contributed by atoms with E-state index in [0.29, 0.717) is 12.8 Å². The van der Waals surface area contributed by atoms with Crippen LogP contribution in [0.3, 0.4) is 0 Å². The van der Waals surface area contributed by atoms with Gasteiger partial charge in [-0.2, -0.15) is 0 Å². The van der Waals surface area contributed by atoms with Crippen molar-refractivity contribution in [2.75, 3.05) is 6.54 Å². The molecule has 0 aliphatic heterocycles. The third-order valence-electron chi connectivity index (χ3n) is 3.09. The van der Waals surface area contributed by atoms with Crippen LogP contribution in [0.15, 0.2) is 35.7 Å². The highest BCUT2D eigenvalue weighted by atomic mass is 32.1. The van der Waals surface area contributed by atoms with Crippen molar-refractivity contribution in [2.24, 2.45) is 5.73 Å². The van der Waals surface area contributed by atoms with Gasteiger partial charge in [-0.25, -0.2) is 9.37 Å². The van der Waals surface area contributed by atoms with E-state index in [0.717, 1.165) is 16.3 Å². The average Bonchev–Trinajstić information content (AvgIpc) is 2.88. The minimum atomic E-state index is -1.33. The number of halogens is 1. The highest BCUT2D eigenvalue weighted by Gasteiger charge is 2.27. The first-order valence-electron chi connectivity index (χ1n) is 6.05. The first-order valence-corrected chi connectivity index (χ1v) is 6.93. The van der Waals surface area contributed by atoms with Gasteiger partial charge >= 0.3 is 0 Å². The van der Waals surface area contributed by atoms with E-state index in [-0.39, 0.29) is 6.54 Å². The molecule has 18 heavy (non-hydrogen) atoms. The van der Waals surface area contributed by atoms with Gasteiger partial charge in [-0.15, -0.1) is 11.3 Å². The zero-order chi connectivity index (χ0) is 13.0. The quantitative estimate of drug-likeness (QED) is 0.898. The van der Waals surface area contributed by atoms with Crippen molar-refractivity contribution >= 4 is 11.3 Å². The fourth-order valence-corrected chi connectivity index (χ4v) is 2.68. The van der Waals surface area contributed by atoms with Crippen molar-refractivity contribution in [3.05, 3.63) is 40.7 Å². The number of alkyl halides is 1. The number of rotatable bonds is 5. The van der Waals surface area contributed by atoms with Crippen molar-refractivity contribution in [3.63, 3.8) is 0 Å². The molecule has 2 N–H and O–H groups in total. The lowest BCUT2D eigenvalue weighted by atomic mass is 9.99. The van der Waals surface area contributed by atoms with E-state index >= 15 is 0 Å². The molecule has 0 amide bonds. The van der Waals surface area contributed by atoms with Crippen molar-refractivity contribution in [3.8, 4) is 11.3 Å². The van der Waals surface area contributed by atoms with E-state index in [1.54, 1.807) is 0 Å². The van der Waals surface area contributed by atoms with Crippen LogP contribution in [0.4, 0.5) is 4.39 Å². The molecule has 1 atom stereocenters. The van der Waals surface area contributed by atoms with Crippen molar-refractivity contribution in [1.82, 2.24) is 4.98 Å². The van der Waals surface area contributed by atoms with Gasteiger partial charge in [-0.05, 0) is 6.42 Å². The molecule has 2 aromatic rings. The standard InChI is InChI=1S/C14H17FN2S/c1-2-14(15,10-16)8-13-17-12(9-18-13)11-6-4-3-5-7-11/h3-7,9H,2,8,10,16H2,1H3. The first kappa shape index (κ1) is 13.2. The number of hydrogen-bond acceptors (Lipinski definition) is 3. The van der Waals surface area contributed by atoms with Crippen LogP contribution in [0.5, 0.6) is 0 Å². The molecule has 2 rings (SSSR count). The molecule has 2 nitrogen and oxygen atoms in total. The molecule has 0 fully saturated rings. The van der Waals surface area contributed by atoms with Crippen molar-refractivity contribution in [1.29, 1.82) is 0 Å². The second kappa shape index (κ2) is 5.59. The van der Waals surface area contributed by atoms with Gasteiger partial charge in [0.15, 0.2) is 0 Å². The van der Waals surface area contributed by atoms with Crippen LogP contribution in [-0.2, 0) is 6.42 Å². The number of nitrogens with two attached hydrogens (primary N) is 1. The second-order valence-electron chi connectivity index (χ2n) is 4.38. The number of hydrogen-bond donors (Lipinski definition) is 1. The average molecular weight is 264 g/mol. The predicted molar refractivity (Wildman–Crippen MR) is 74.4 cm³/mol.